The second-order valence-corrected chi connectivity index (χ2v) is 6.08. The number of rotatable bonds is 2. The molecule has 0 saturated carbocycles. The van der Waals surface area contributed by atoms with Crippen molar-refractivity contribution in [3.63, 3.8) is 0 Å². The lowest BCUT2D eigenvalue weighted by Crippen LogP contribution is -2.51. The van der Waals surface area contributed by atoms with Crippen LogP contribution >= 0.6 is 24.0 Å². The quantitative estimate of drug-likeness (QED) is 0.873. The molecule has 3 rings (SSSR count). The van der Waals surface area contributed by atoms with E-state index in [9.17, 15) is 4.79 Å². The van der Waals surface area contributed by atoms with Gasteiger partial charge in [0.05, 0.1) is 0 Å². The first-order valence-electron chi connectivity index (χ1n) is 7.09. The van der Waals surface area contributed by atoms with E-state index in [0.29, 0.717) is 17.4 Å². The number of hydrogen-bond donors (Lipinski definition) is 2. The predicted molar refractivity (Wildman–Crippen MR) is 85.4 cm³/mol. The van der Waals surface area contributed by atoms with Gasteiger partial charge in [-0.25, -0.2) is 0 Å². The summed E-state index contributed by atoms with van der Waals surface area (Å²) >= 11 is 5.96. The van der Waals surface area contributed by atoms with Crippen molar-refractivity contribution < 1.29 is 9.53 Å². The van der Waals surface area contributed by atoms with Crippen LogP contribution in [-0.2, 0) is 11.2 Å². The van der Waals surface area contributed by atoms with Crippen molar-refractivity contribution in [2.45, 2.75) is 31.9 Å². The molecule has 0 aromatic heterocycles. The standard InChI is InChI=1S/C15H19ClN2O2.ClH/c1-9-8-17-5-4-12(9)18-15(19)14-7-10-6-11(16)2-3-13(10)20-14;/h2-3,6,9,12,14,17H,4-5,7-8H2,1H3,(H,18,19);1H. The number of halogens is 2. The first-order valence-corrected chi connectivity index (χ1v) is 7.47. The maximum absolute atomic E-state index is 12.3. The molecule has 1 aromatic carbocycles. The first-order chi connectivity index (χ1) is 9.63. The maximum atomic E-state index is 12.3. The minimum absolute atomic E-state index is 0. The Balaban J connectivity index is 0.00000161. The number of hydrogen-bond acceptors (Lipinski definition) is 3. The van der Waals surface area contributed by atoms with Gasteiger partial charge < -0.3 is 15.4 Å². The SMILES string of the molecule is CC1CNCCC1NC(=O)C1Cc2cc(Cl)ccc2O1.Cl. The molecule has 6 heteroatoms. The molecule has 3 atom stereocenters. The highest BCUT2D eigenvalue weighted by Gasteiger charge is 2.32. The molecule has 0 spiro atoms. The Morgan fingerprint density at radius 3 is 3.05 bits per heavy atom. The monoisotopic (exact) mass is 330 g/mol. The summed E-state index contributed by atoms with van der Waals surface area (Å²) in [5.74, 6) is 1.20. The molecule has 4 nitrogen and oxygen atoms in total. The summed E-state index contributed by atoms with van der Waals surface area (Å²) in [6.07, 6.45) is 1.14. The first kappa shape index (κ1) is 16.4. The highest BCUT2D eigenvalue weighted by atomic mass is 35.5. The van der Waals surface area contributed by atoms with E-state index in [1.807, 2.05) is 12.1 Å². The van der Waals surface area contributed by atoms with Crippen molar-refractivity contribution in [3.05, 3.63) is 28.8 Å². The third-order valence-corrected chi connectivity index (χ3v) is 4.34. The van der Waals surface area contributed by atoms with Crippen molar-refractivity contribution in [1.29, 1.82) is 0 Å². The van der Waals surface area contributed by atoms with E-state index in [0.717, 1.165) is 30.8 Å². The number of nitrogens with one attached hydrogen (secondary N) is 2. The number of fused-ring (bicyclic) bond motifs is 1. The molecule has 1 saturated heterocycles. The Morgan fingerprint density at radius 1 is 1.48 bits per heavy atom. The zero-order valence-electron chi connectivity index (χ0n) is 11.9. The van der Waals surface area contributed by atoms with Crippen molar-refractivity contribution in [3.8, 4) is 5.75 Å². The lowest BCUT2D eigenvalue weighted by molar-refractivity contribution is -0.128. The fourth-order valence-electron chi connectivity index (χ4n) is 2.87. The molecule has 1 fully saturated rings. The van der Waals surface area contributed by atoms with Crippen LogP contribution in [0.1, 0.15) is 18.9 Å². The Kier molecular flexibility index (Phi) is 5.36. The number of carbonyl (C=O) groups is 1. The molecule has 21 heavy (non-hydrogen) atoms. The Labute approximate surface area is 136 Å². The summed E-state index contributed by atoms with van der Waals surface area (Å²) in [6, 6.07) is 5.73. The molecule has 0 radical (unpaired) electrons. The smallest absolute Gasteiger partial charge is 0.261 e. The predicted octanol–water partition coefficient (Wildman–Crippen LogP) is 2.18. The van der Waals surface area contributed by atoms with E-state index >= 15 is 0 Å². The lowest BCUT2D eigenvalue weighted by Gasteiger charge is -2.30. The average Bonchev–Trinajstić information content (AvgIpc) is 2.84. The Hall–Kier alpha value is -0.970. The topological polar surface area (TPSA) is 50.4 Å². The largest absolute Gasteiger partial charge is 0.480 e. The van der Waals surface area contributed by atoms with Crippen LogP contribution in [0, 0.1) is 5.92 Å². The van der Waals surface area contributed by atoms with Crippen LogP contribution in [0.3, 0.4) is 0 Å². The van der Waals surface area contributed by atoms with Crippen LogP contribution in [0.5, 0.6) is 5.75 Å². The van der Waals surface area contributed by atoms with Gasteiger partial charge in [0.25, 0.3) is 5.91 Å². The van der Waals surface area contributed by atoms with Gasteiger partial charge in [-0.05, 0) is 49.2 Å². The number of amides is 1. The van der Waals surface area contributed by atoms with Gasteiger partial charge in [-0.15, -0.1) is 12.4 Å². The van der Waals surface area contributed by atoms with Gasteiger partial charge in [0, 0.05) is 17.5 Å². The molecule has 2 aliphatic heterocycles. The van der Waals surface area contributed by atoms with Crippen LogP contribution in [0.15, 0.2) is 18.2 Å². The molecule has 1 aromatic rings. The fraction of sp³-hybridized carbons (Fsp3) is 0.533. The molecule has 116 valence electrons. The molecule has 3 unspecified atom stereocenters. The van der Waals surface area contributed by atoms with Crippen LogP contribution in [0.25, 0.3) is 0 Å². The second kappa shape index (κ2) is 6.86. The van der Waals surface area contributed by atoms with Crippen molar-refractivity contribution in [2.75, 3.05) is 13.1 Å². The van der Waals surface area contributed by atoms with Gasteiger partial charge in [0.15, 0.2) is 6.10 Å². The normalized spacial score (nSPS) is 27.2. The maximum Gasteiger partial charge on any atom is 0.261 e. The summed E-state index contributed by atoms with van der Waals surface area (Å²) in [6.45, 7) is 4.06. The van der Waals surface area contributed by atoms with Crippen LogP contribution in [0.4, 0.5) is 0 Å². The Bertz CT molecular complexity index is 524. The second-order valence-electron chi connectivity index (χ2n) is 5.65. The summed E-state index contributed by atoms with van der Waals surface area (Å²) in [5.41, 5.74) is 1.01. The summed E-state index contributed by atoms with van der Waals surface area (Å²) < 4.78 is 5.71. The third-order valence-electron chi connectivity index (χ3n) is 4.10. The minimum Gasteiger partial charge on any atom is -0.480 e. The molecule has 2 heterocycles. The van der Waals surface area contributed by atoms with E-state index in [4.69, 9.17) is 16.3 Å². The van der Waals surface area contributed by atoms with E-state index in [1.54, 1.807) is 6.07 Å². The highest BCUT2D eigenvalue weighted by Crippen LogP contribution is 2.31. The van der Waals surface area contributed by atoms with Gasteiger partial charge >= 0.3 is 0 Å². The number of piperidine rings is 1. The van der Waals surface area contributed by atoms with Gasteiger partial charge in [0.1, 0.15) is 5.75 Å². The summed E-state index contributed by atoms with van der Waals surface area (Å²) in [5, 5.41) is 7.13. The highest BCUT2D eigenvalue weighted by molar-refractivity contribution is 6.30. The van der Waals surface area contributed by atoms with E-state index in [2.05, 4.69) is 17.6 Å². The molecule has 1 amide bonds. The molecule has 0 aliphatic carbocycles. The number of ether oxygens (including phenoxy) is 1. The Morgan fingerprint density at radius 2 is 2.29 bits per heavy atom. The molecular formula is C15H20Cl2N2O2. The third kappa shape index (κ3) is 3.62. The zero-order valence-corrected chi connectivity index (χ0v) is 13.5. The fourth-order valence-corrected chi connectivity index (χ4v) is 3.06. The molecule has 2 N–H and O–H groups in total. The average molecular weight is 331 g/mol. The summed E-state index contributed by atoms with van der Waals surface area (Å²) in [4.78, 5) is 12.3. The number of carbonyl (C=O) groups excluding carboxylic acids is 1. The molecular weight excluding hydrogens is 311 g/mol. The van der Waals surface area contributed by atoms with E-state index in [-0.39, 0.29) is 24.4 Å². The minimum atomic E-state index is -0.425. The lowest BCUT2D eigenvalue weighted by atomic mass is 9.95. The van der Waals surface area contributed by atoms with Crippen LogP contribution < -0.4 is 15.4 Å². The summed E-state index contributed by atoms with van der Waals surface area (Å²) in [7, 11) is 0. The van der Waals surface area contributed by atoms with Crippen LogP contribution in [-0.4, -0.2) is 31.1 Å². The van der Waals surface area contributed by atoms with Gasteiger partial charge in [-0.2, -0.15) is 0 Å². The van der Waals surface area contributed by atoms with Crippen LogP contribution in [0.2, 0.25) is 5.02 Å². The van der Waals surface area contributed by atoms with Gasteiger partial charge in [-0.3, -0.25) is 4.79 Å². The van der Waals surface area contributed by atoms with Gasteiger partial charge in [0.2, 0.25) is 0 Å². The van der Waals surface area contributed by atoms with Crippen molar-refractivity contribution >= 4 is 29.9 Å². The van der Waals surface area contributed by atoms with Crippen molar-refractivity contribution in [1.82, 2.24) is 10.6 Å². The van der Waals surface area contributed by atoms with E-state index in [1.165, 1.54) is 0 Å². The number of benzene rings is 1. The van der Waals surface area contributed by atoms with Gasteiger partial charge in [-0.1, -0.05) is 18.5 Å². The molecule has 0 bridgehead atoms. The van der Waals surface area contributed by atoms with E-state index < -0.39 is 6.10 Å². The zero-order chi connectivity index (χ0) is 14.1. The molecule has 2 aliphatic rings. The van der Waals surface area contributed by atoms with Crippen molar-refractivity contribution in [2.24, 2.45) is 5.92 Å².